The van der Waals surface area contributed by atoms with E-state index in [9.17, 15) is 0 Å². The second kappa shape index (κ2) is 7.10. The number of nitrogens with one attached hydrogen (secondary N) is 1. The number of rotatable bonds is 7. The van der Waals surface area contributed by atoms with Crippen molar-refractivity contribution in [2.24, 2.45) is 0 Å². The summed E-state index contributed by atoms with van der Waals surface area (Å²) < 4.78 is 0. The summed E-state index contributed by atoms with van der Waals surface area (Å²) in [7, 11) is 2.15. The van der Waals surface area contributed by atoms with Crippen molar-refractivity contribution in [3.8, 4) is 0 Å². The van der Waals surface area contributed by atoms with Crippen LogP contribution < -0.4 is 5.32 Å². The van der Waals surface area contributed by atoms with Crippen molar-refractivity contribution in [3.63, 3.8) is 0 Å². The van der Waals surface area contributed by atoms with Gasteiger partial charge >= 0.3 is 0 Å². The van der Waals surface area contributed by atoms with Crippen LogP contribution in [0.4, 0.5) is 0 Å². The predicted octanol–water partition coefficient (Wildman–Crippen LogP) is 1.88. The summed E-state index contributed by atoms with van der Waals surface area (Å²) in [6.07, 6.45) is 1.08. The Morgan fingerprint density at radius 2 is 2.08 bits per heavy atom. The van der Waals surface area contributed by atoms with E-state index in [0.717, 1.165) is 26.1 Å². The van der Waals surface area contributed by atoms with Gasteiger partial charge in [0.1, 0.15) is 0 Å². The van der Waals surface area contributed by atoms with E-state index in [1.165, 1.54) is 5.57 Å². The lowest BCUT2D eigenvalue weighted by Crippen LogP contribution is -2.34. The fraction of sp³-hybridized carbons (Fsp3) is 0.818. The molecule has 0 spiro atoms. The van der Waals surface area contributed by atoms with Crippen molar-refractivity contribution >= 4 is 0 Å². The number of nitrogens with zero attached hydrogens (tertiary/aromatic N) is 1. The molecule has 0 fully saturated rings. The van der Waals surface area contributed by atoms with Crippen molar-refractivity contribution in [2.75, 3.05) is 26.7 Å². The lowest BCUT2D eigenvalue weighted by atomic mass is 10.2. The Balaban J connectivity index is 3.30. The molecule has 0 unspecified atom stereocenters. The van der Waals surface area contributed by atoms with Crippen LogP contribution in [0.2, 0.25) is 0 Å². The Bertz CT molecular complexity index is 141. The molecule has 78 valence electrons. The molecule has 0 aliphatic rings. The molecule has 0 aromatic rings. The molecule has 0 saturated carbocycles. The van der Waals surface area contributed by atoms with Gasteiger partial charge in [0.15, 0.2) is 0 Å². The van der Waals surface area contributed by atoms with Crippen molar-refractivity contribution < 1.29 is 0 Å². The highest BCUT2D eigenvalue weighted by molar-refractivity contribution is 4.94. The maximum atomic E-state index is 3.95. The number of hydrogen-bond acceptors (Lipinski definition) is 2. The van der Waals surface area contributed by atoms with E-state index in [4.69, 9.17) is 0 Å². The maximum Gasteiger partial charge on any atom is 0.0162 e. The molecule has 1 N–H and O–H groups in total. The highest BCUT2D eigenvalue weighted by Gasteiger charge is 2.01. The largest absolute Gasteiger partial charge is 0.312 e. The number of likely N-dealkylation sites (N-methyl/N-ethyl adjacent to an activating group) is 1. The first kappa shape index (κ1) is 12.7. The second-order valence-electron chi connectivity index (χ2n) is 3.85. The molecule has 0 heterocycles. The molecule has 0 amide bonds. The Morgan fingerprint density at radius 1 is 1.46 bits per heavy atom. The molecule has 2 heteroatoms. The Morgan fingerprint density at radius 3 is 2.54 bits per heavy atom. The molecule has 0 aromatic carbocycles. The van der Waals surface area contributed by atoms with Gasteiger partial charge in [-0.25, -0.2) is 0 Å². The molecular weight excluding hydrogens is 160 g/mol. The SMILES string of the molecule is C=C(CC)CNCCN(C)C(C)C. The van der Waals surface area contributed by atoms with Gasteiger partial charge in [-0.3, -0.25) is 0 Å². The van der Waals surface area contributed by atoms with Crippen LogP contribution in [0.1, 0.15) is 27.2 Å². The summed E-state index contributed by atoms with van der Waals surface area (Å²) in [5.74, 6) is 0. The highest BCUT2D eigenvalue weighted by atomic mass is 15.1. The zero-order valence-corrected chi connectivity index (χ0v) is 9.56. The Labute approximate surface area is 83.0 Å². The summed E-state index contributed by atoms with van der Waals surface area (Å²) in [6.45, 7) is 13.6. The fourth-order valence-electron chi connectivity index (χ4n) is 0.904. The summed E-state index contributed by atoms with van der Waals surface area (Å²) in [5, 5.41) is 3.38. The first-order chi connectivity index (χ1) is 6.07. The van der Waals surface area contributed by atoms with E-state index in [1.807, 2.05) is 0 Å². The van der Waals surface area contributed by atoms with Crippen LogP contribution in [0, 0.1) is 0 Å². The molecule has 0 aliphatic heterocycles. The van der Waals surface area contributed by atoms with E-state index in [0.29, 0.717) is 6.04 Å². The van der Waals surface area contributed by atoms with Crippen molar-refractivity contribution in [1.29, 1.82) is 0 Å². The normalized spacial score (nSPS) is 11.2. The van der Waals surface area contributed by atoms with Crippen LogP contribution in [0.5, 0.6) is 0 Å². The molecule has 0 bridgehead atoms. The first-order valence-electron chi connectivity index (χ1n) is 5.15. The average molecular weight is 184 g/mol. The van der Waals surface area contributed by atoms with Gasteiger partial charge in [0.05, 0.1) is 0 Å². The van der Waals surface area contributed by atoms with Crippen LogP contribution in [-0.4, -0.2) is 37.6 Å². The molecule has 2 nitrogen and oxygen atoms in total. The molecule has 0 aromatic heterocycles. The van der Waals surface area contributed by atoms with Gasteiger partial charge in [0.25, 0.3) is 0 Å². The summed E-state index contributed by atoms with van der Waals surface area (Å²) in [5.41, 5.74) is 1.28. The minimum absolute atomic E-state index is 0.635. The standard InChI is InChI=1S/C11H24N2/c1-6-11(4)9-12-7-8-13(5)10(2)3/h10,12H,4,6-9H2,1-3,5H3. The van der Waals surface area contributed by atoms with Crippen molar-refractivity contribution in [2.45, 2.75) is 33.2 Å². The van der Waals surface area contributed by atoms with E-state index in [1.54, 1.807) is 0 Å². The van der Waals surface area contributed by atoms with E-state index >= 15 is 0 Å². The average Bonchev–Trinajstić information content (AvgIpc) is 2.11. The number of hydrogen-bond donors (Lipinski definition) is 1. The molecule has 0 atom stereocenters. The lowest BCUT2D eigenvalue weighted by Gasteiger charge is -2.21. The van der Waals surface area contributed by atoms with Gasteiger partial charge in [-0.1, -0.05) is 19.1 Å². The first-order valence-corrected chi connectivity index (χ1v) is 5.15. The smallest absolute Gasteiger partial charge is 0.0162 e. The lowest BCUT2D eigenvalue weighted by molar-refractivity contribution is 0.274. The third kappa shape index (κ3) is 6.79. The van der Waals surface area contributed by atoms with Crippen LogP contribution in [0.25, 0.3) is 0 Å². The fourth-order valence-corrected chi connectivity index (χ4v) is 0.904. The van der Waals surface area contributed by atoms with Crippen LogP contribution in [0.3, 0.4) is 0 Å². The third-order valence-corrected chi connectivity index (χ3v) is 2.40. The predicted molar refractivity (Wildman–Crippen MR) is 60.1 cm³/mol. The zero-order chi connectivity index (χ0) is 10.3. The Kier molecular flexibility index (Phi) is 6.92. The zero-order valence-electron chi connectivity index (χ0n) is 9.56. The van der Waals surface area contributed by atoms with Gasteiger partial charge < -0.3 is 10.2 Å². The van der Waals surface area contributed by atoms with E-state index in [2.05, 4.69) is 44.6 Å². The monoisotopic (exact) mass is 184 g/mol. The molecule has 0 rings (SSSR count). The van der Waals surface area contributed by atoms with Crippen LogP contribution in [-0.2, 0) is 0 Å². The van der Waals surface area contributed by atoms with Crippen molar-refractivity contribution in [1.82, 2.24) is 10.2 Å². The minimum Gasteiger partial charge on any atom is -0.312 e. The van der Waals surface area contributed by atoms with Crippen LogP contribution >= 0.6 is 0 Å². The van der Waals surface area contributed by atoms with Gasteiger partial charge in [0, 0.05) is 25.7 Å². The molecule has 13 heavy (non-hydrogen) atoms. The second-order valence-corrected chi connectivity index (χ2v) is 3.85. The van der Waals surface area contributed by atoms with Crippen molar-refractivity contribution in [3.05, 3.63) is 12.2 Å². The highest BCUT2D eigenvalue weighted by Crippen LogP contribution is 1.93. The molecule has 0 saturated heterocycles. The maximum absolute atomic E-state index is 3.95. The summed E-state index contributed by atoms with van der Waals surface area (Å²) in [6, 6.07) is 0.635. The van der Waals surface area contributed by atoms with Crippen LogP contribution in [0.15, 0.2) is 12.2 Å². The van der Waals surface area contributed by atoms with Gasteiger partial charge in [-0.05, 0) is 27.3 Å². The quantitative estimate of drug-likeness (QED) is 0.480. The summed E-state index contributed by atoms with van der Waals surface area (Å²) in [4.78, 5) is 2.34. The van der Waals surface area contributed by atoms with Gasteiger partial charge in [-0.15, -0.1) is 0 Å². The molecule has 0 radical (unpaired) electrons. The minimum atomic E-state index is 0.635. The molecule has 0 aliphatic carbocycles. The summed E-state index contributed by atoms with van der Waals surface area (Å²) >= 11 is 0. The molecular formula is C11H24N2. The van der Waals surface area contributed by atoms with E-state index < -0.39 is 0 Å². The van der Waals surface area contributed by atoms with Gasteiger partial charge in [0.2, 0.25) is 0 Å². The Hall–Kier alpha value is -0.340. The van der Waals surface area contributed by atoms with E-state index in [-0.39, 0.29) is 0 Å². The topological polar surface area (TPSA) is 15.3 Å². The third-order valence-electron chi connectivity index (χ3n) is 2.40. The van der Waals surface area contributed by atoms with Gasteiger partial charge in [-0.2, -0.15) is 0 Å².